The van der Waals surface area contributed by atoms with E-state index < -0.39 is 0 Å². The van der Waals surface area contributed by atoms with Gasteiger partial charge in [0.2, 0.25) is 0 Å². The van der Waals surface area contributed by atoms with Crippen molar-refractivity contribution < 1.29 is 0 Å². The van der Waals surface area contributed by atoms with E-state index in [9.17, 15) is 0 Å². The van der Waals surface area contributed by atoms with Crippen molar-refractivity contribution in [1.82, 2.24) is 0 Å². The zero-order chi connectivity index (χ0) is 17.1. The maximum absolute atomic E-state index is 3.56. The molecule has 2 nitrogen and oxygen atoms in total. The number of benzene rings is 3. The van der Waals surface area contributed by atoms with Crippen LogP contribution in [0.4, 0.5) is 22.7 Å². The van der Waals surface area contributed by atoms with E-state index in [0.29, 0.717) is 0 Å². The van der Waals surface area contributed by atoms with Gasteiger partial charge in [-0.2, -0.15) is 0 Å². The van der Waals surface area contributed by atoms with Crippen LogP contribution in [0.15, 0.2) is 60.7 Å². The Bertz CT molecular complexity index is 793. The molecule has 0 aliphatic heterocycles. The normalized spacial score (nSPS) is 10.5. The highest BCUT2D eigenvalue weighted by Crippen LogP contribution is 2.31. The molecule has 0 saturated carbocycles. The second-order valence-corrected chi connectivity index (χ2v) is 6.43. The number of hydrogen-bond acceptors (Lipinski definition) is 2. The number of anilines is 4. The lowest BCUT2D eigenvalue weighted by molar-refractivity contribution is 1.35. The lowest BCUT2D eigenvalue weighted by Crippen LogP contribution is -2.00. The van der Waals surface area contributed by atoms with Crippen molar-refractivity contribution in [2.45, 2.75) is 27.7 Å². The van der Waals surface area contributed by atoms with Gasteiger partial charge in [0.05, 0.1) is 11.4 Å². The highest BCUT2D eigenvalue weighted by atomic mass is 15.0. The fourth-order valence-corrected chi connectivity index (χ4v) is 2.90. The molecule has 0 spiro atoms. The molecule has 0 bridgehead atoms. The van der Waals surface area contributed by atoms with Crippen molar-refractivity contribution in [3.63, 3.8) is 0 Å². The summed E-state index contributed by atoms with van der Waals surface area (Å²) in [4.78, 5) is 0. The molecule has 0 fully saturated rings. The fourth-order valence-electron chi connectivity index (χ4n) is 2.90. The van der Waals surface area contributed by atoms with Crippen LogP contribution < -0.4 is 10.6 Å². The molecule has 0 aliphatic rings. The van der Waals surface area contributed by atoms with E-state index in [1.165, 1.54) is 22.3 Å². The van der Waals surface area contributed by atoms with Crippen LogP contribution in [0, 0.1) is 27.7 Å². The molecule has 24 heavy (non-hydrogen) atoms. The Hall–Kier alpha value is -2.74. The zero-order valence-corrected chi connectivity index (χ0v) is 14.8. The van der Waals surface area contributed by atoms with Crippen molar-refractivity contribution in [1.29, 1.82) is 0 Å². The number of nitrogens with one attached hydrogen (secondary N) is 2. The molecular weight excluding hydrogens is 292 g/mol. The molecule has 0 saturated heterocycles. The zero-order valence-electron chi connectivity index (χ0n) is 14.8. The Morgan fingerprint density at radius 2 is 0.917 bits per heavy atom. The Labute approximate surface area is 144 Å². The first-order valence-corrected chi connectivity index (χ1v) is 8.30. The Morgan fingerprint density at radius 3 is 1.29 bits per heavy atom. The molecule has 122 valence electrons. The van der Waals surface area contributed by atoms with E-state index in [-0.39, 0.29) is 0 Å². The molecule has 2 heteroatoms. The van der Waals surface area contributed by atoms with Crippen molar-refractivity contribution in [2.75, 3.05) is 10.6 Å². The van der Waals surface area contributed by atoms with Gasteiger partial charge in [-0.15, -0.1) is 0 Å². The molecule has 3 rings (SSSR count). The minimum Gasteiger partial charge on any atom is -0.354 e. The summed E-state index contributed by atoms with van der Waals surface area (Å²) in [6, 6.07) is 21.3. The maximum Gasteiger partial charge on any atom is 0.0623 e. The lowest BCUT2D eigenvalue weighted by Gasteiger charge is -2.17. The molecule has 3 aromatic rings. The van der Waals surface area contributed by atoms with Crippen LogP contribution in [0.2, 0.25) is 0 Å². The summed E-state index contributed by atoms with van der Waals surface area (Å²) in [6.45, 7) is 8.50. The average Bonchev–Trinajstić information content (AvgIpc) is 2.54. The quantitative estimate of drug-likeness (QED) is 0.581. The van der Waals surface area contributed by atoms with Crippen LogP contribution in [0.1, 0.15) is 22.3 Å². The summed E-state index contributed by atoms with van der Waals surface area (Å²) in [5, 5.41) is 7.11. The first-order chi connectivity index (χ1) is 11.5. The summed E-state index contributed by atoms with van der Waals surface area (Å²) in [7, 11) is 0. The predicted octanol–water partition coefficient (Wildman–Crippen LogP) is 6.41. The molecule has 0 unspecified atom stereocenters. The van der Waals surface area contributed by atoms with Gasteiger partial charge >= 0.3 is 0 Å². The minimum absolute atomic E-state index is 1.07. The third kappa shape index (κ3) is 3.60. The standard InChI is InChI=1S/C22H24N2/c1-15-9-11-19(17(3)13-15)23-21-7-5-6-8-22(21)24-20-12-10-16(2)14-18(20)4/h5-14,23-24H,1-4H3. The largest absolute Gasteiger partial charge is 0.354 e. The van der Waals surface area contributed by atoms with Gasteiger partial charge in [-0.3, -0.25) is 0 Å². The second kappa shape index (κ2) is 6.79. The molecule has 0 aromatic heterocycles. The summed E-state index contributed by atoms with van der Waals surface area (Å²) in [5.41, 5.74) is 9.46. The van der Waals surface area contributed by atoms with Gasteiger partial charge in [0.1, 0.15) is 0 Å². The van der Waals surface area contributed by atoms with Crippen molar-refractivity contribution in [2.24, 2.45) is 0 Å². The van der Waals surface area contributed by atoms with Crippen LogP contribution in [0.25, 0.3) is 0 Å². The van der Waals surface area contributed by atoms with Gasteiger partial charge < -0.3 is 10.6 Å². The van der Waals surface area contributed by atoms with E-state index in [1.807, 2.05) is 0 Å². The highest BCUT2D eigenvalue weighted by Gasteiger charge is 2.06. The second-order valence-electron chi connectivity index (χ2n) is 6.43. The fraction of sp³-hybridized carbons (Fsp3) is 0.182. The minimum atomic E-state index is 1.07. The predicted molar refractivity (Wildman–Crippen MR) is 105 cm³/mol. The van der Waals surface area contributed by atoms with Crippen LogP contribution >= 0.6 is 0 Å². The summed E-state index contributed by atoms with van der Waals surface area (Å²) >= 11 is 0. The Balaban J connectivity index is 1.90. The molecule has 0 amide bonds. The van der Waals surface area contributed by atoms with Crippen LogP contribution in [-0.4, -0.2) is 0 Å². The molecule has 0 atom stereocenters. The highest BCUT2D eigenvalue weighted by molar-refractivity contribution is 5.79. The molecule has 3 aromatic carbocycles. The Kier molecular flexibility index (Phi) is 4.57. The molecule has 0 radical (unpaired) electrons. The van der Waals surface area contributed by atoms with Gasteiger partial charge in [-0.25, -0.2) is 0 Å². The molecular formula is C22H24N2. The van der Waals surface area contributed by atoms with Crippen molar-refractivity contribution >= 4 is 22.7 Å². The first kappa shape index (κ1) is 16.1. The van der Waals surface area contributed by atoms with Gasteiger partial charge in [0.25, 0.3) is 0 Å². The number of rotatable bonds is 4. The SMILES string of the molecule is Cc1ccc(Nc2ccccc2Nc2ccc(C)cc2C)c(C)c1. The number of hydrogen-bond donors (Lipinski definition) is 2. The van der Waals surface area contributed by atoms with E-state index in [4.69, 9.17) is 0 Å². The van der Waals surface area contributed by atoms with Crippen LogP contribution in [0.3, 0.4) is 0 Å². The third-order valence-corrected chi connectivity index (χ3v) is 4.23. The van der Waals surface area contributed by atoms with Crippen LogP contribution in [-0.2, 0) is 0 Å². The number of para-hydroxylation sites is 2. The van der Waals surface area contributed by atoms with Gasteiger partial charge in [0, 0.05) is 11.4 Å². The monoisotopic (exact) mass is 316 g/mol. The molecule has 0 heterocycles. The summed E-state index contributed by atoms with van der Waals surface area (Å²) < 4.78 is 0. The number of aryl methyl sites for hydroxylation is 4. The molecule has 2 N–H and O–H groups in total. The lowest BCUT2D eigenvalue weighted by atomic mass is 10.1. The third-order valence-electron chi connectivity index (χ3n) is 4.23. The van der Waals surface area contributed by atoms with Crippen molar-refractivity contribution in [3.05, 3.63) is 82.9 Å². The van der Waals surface area contributed by atoms with E-state index in [2.05, 4.69) is 99.0 Å². The van der Waals surface area contributed by atoms with Gasteiger partial charge in [-0.05, 0) is 63.1 Å². The van der Waals surface area contributed by atoms with Crippen LogP contribution in [0.5, 0.6) is 0 Å². The van der Waals surface area contributed by atoms with E-state index >= 15 is 0 Å². The average molecular weight is 316 g/mol. The van der Waals surface area contributed by atoms with Gasteiger partial charge in [-0.1, -0.05) is 47.5 Å². The summed E-state index contributed by atoms with van der Waals surface area (Å²) in [6.07, 6.45) is 0. The molecule has 0 aliphatic carbocycles. The van der Waals surface area contributed by atoms with E-state index in [1.54, 1.807) is 0 Å². The first-order valence-electron chi connectivity index (χ1n) is 8.30. The smallest absolute Gasteiger partial charge is 0.0623 e. The van der Waals surface area contributed by atoms with Gasteiger partial charge in [0.15, 0.2) is 0 Å². The Morgan fingerprint density at radius 1 is 0.500 bits per heavy atom. The summed E-state index contributed by atoms with van der Waals surface area (Å²) in [5.74, 6) is 0. The maximum atomic E-state index is 3.56. The van der Waals surface area contributed by atoms with E-state index in [0.717, 1.165) is 22.7 Å². The topological polar surface area (TPSA) is 24.1 Å². The van der Waals surface area contributed by atoms with Crippen molar-refractivity contribution in [3.8, 4) is 0 Å².